The molecule has 38 valence electrons. The maximum Gasteiger partial charge on any atom is 0 e. The molecular weight excluding hydrogens is 364 g/mol. The van der Waals surface area contributed by atoms with E-state index < -0.39 is 0 Å². The second-order valence-corrected chi connectivity index (χ2v) is 0. The van der Waals surface area contributed by atoms with Gasteiger partial charge in [-0.15, -0.1) is 0 Å². The molecule has 0 rings (SSSR count). The van der Waals surface area contributed by atoms with Crippen LogP contribution in [0.1, 0.15) is 0 Å². The van der Waals surface area contributed by atoms with Crippen molar-refractivity contribution >= 4 is 0 Å². The molecule has 0 saturated carbocycles. The molecule has 0 aliphatic rings. The van der Waals surface area contributed by atoms with Gasteiger partial charge in [0.05, 0.1) is 0 Å². The van der Waals surface area contributed by atoms with Gasteiger partial charge < -0.3 is 0 Å². The van der Waals surface area contributed by atoms with Gasteiger partial charge in [0.15, 0.2) is 0 Å². The van der Waals surface area contributed by atoms with Crippen LogP contribution in [0.3, 0.4) is 0 Å². The summed E-state index contributed by atoms with van der Waals surface area (Å²) in [6.45, 7) is 0. The molecule has 6 heavy (non-hydrogen) atoms. The van der Waals surface area contributed by atoms with Gasteiger partial charge >= 0.3 is 0 Å². The van der Waals surface area contributed by atoms with Gasteiger partial charge in [0, 0.05) is 118 Å². The van der Waals surface area contributed by atoms with Gasteiger partial charge in [-0.1, -0.05) is 0 Å². The van der Waals surface area contributed by atoms with E-state index in [1.807, 2.05) is 0 Å². The Bertz CT molecular complexity index is 3.90. The molecule has 0 heterocycles. The molecule has 0 bridgehead atoms. The van der Waals surface area contributed by atoms with Crippen LogP contribution in [0.2, 0.25) is 0 Å². The van der Waals surface area contributed by atoms with E-state index in [-0.39, 0.29) is 118 Å². The number of hydrogen-bond donors (Lipinski definition) is 0. The molecule has 0 N–H and O–H groups in total. The molecule has 0 amide bonds. The Balaban J connectivity index is 0. The van der Waals surface area contributed by atoms with Gasteiger partial charge in [0.2, 0.25) is 0 Å². The summed E-state index contributed by atoms with van der Waals surface area (Å²) in [5.74, 6) is 0. The van der Waals surface area contributed by atoms with Crippen molar-refractivity contribution < 1.29 is 118 Å². The van der Waals surface area contributed by atoms with Crippen molar-refractivity contribution in [2.75, 3.05) is 0 Å². The second-order valence-electron chi connectivity index (χ2n) is 0. The Labute approximate surface area is 116 Å². The summed E-state index contributed by atoms with van der Waals surface area (Å²) in [5.41, 5.74) is 0. The first-order chi connectivity index (χ1) is 0. The molecule has 6 radical (unpaired) electrons. The summed E-state index contributed by atoms with van der Waals surface area (Å²) in [4.78, 5) is 0. The number of hydrogen-bond acceptors (Lipinski definition) is 0. The zero-order valence-electron chi connectivity index (χ0n) is 2.47. The summed E-state index contributed by atoms with van der Waals surface area (Å²) in [5, 5.41) is 0. The maximum absolute atomic E-state index is 0. The van der Waals surface area contributed by atoms with Crippen LogP contribution in [0.15, 0.2) is 0 Å². The summed E-state index contributed by atoms with van der Waals surface area (Å²) in [7, 11) is 0. The minimum absolute atomic E-state index is 0. The van der Waals surface area contributed by atoms with Crippen molar-refractivity contribution in [3.8, 4) is 0 Å². The summed E-state index contributed by atoms with van der Waals surface area (Å²) in [6, 6.07) is 0. The van der Waals surface area contributed by atoms with Crippen LogP contribution in [0.25, 0.3) is 0 Å². The van der Waals surface area contributed by atoms with Gasteiger partial charge in [0.25, 0.3) is 0 Å². The Kier molecular flexibility index (Phi) is 337. The van der Waals surface area contributed by atoms with E-state index >= 15 is 0 Å². The van der Waals surface area contributed by atoms with E-state index in [0.29, 0.717) is 0 Å². The van der Waals surface area contributed by atoms with E-state index in [1.165, 1.54) is 0 Å². The van der Waals surface area contributed by atoms with E-state index in [2.05, 4.69) is 0 Å². The molecule has 0 nitrogen and oxygen atoms in total. The average Bonchev–Trinajstić information content (AvgIpc) is 0. The fourth-order valence-corrected chi connectivity index (χ4v) is 0. The van der Waals surface area contributed by atoms with Crippen LogP contribution in [0.5, 0.6) is 0 Å². The van der Waals surface area contributed by atoms with Crippen molar-refractivity contribution in [3.63, 3.8) is 0 Å². The molecule has 0 aromatic carbocycles. The van der Waals surface area contributed by atoms with Gasteiger partial charge in [-0.25, -0.2) is 0 Å². The normalized spacial score (nSPS) is 0. The molecule has 0 fully saturated rings. The van der Waals surface area contributed by atoms with Crippen LogP contribution in [-0.2, 0) is 118 Å². The van der Waals surface area contributed by atoms with Crippen LogP contribution in [0, 0.1) is 0 Å². The monoisotopic (exact) mass is 364 g/mol. The Morgan fingerprint density at radius 1 is 0.333 bits per heavy atom. The fourth-order valence-electron chi connectivity index (χ4n) is 0. The van der Waals surface area contributed by atoms with Crippen LogP contribution < -0.4 is 0 Å². The molecule has 0 aliphatic carbocycles. The van der Waals surface area contributed by atoms with E-state index in [0.717, 1.165) is 0 Å². The van der Waals surface area contributed by atoms with Gasteiger partial charge in [-0.2, -0.15) is 0 Å². The molecule has 0 aliphatic heterocycles. The molecule has 0 unspecified atom stereocenters. The smallest absolute Gasteiger partial charge is 0 e. The minimum Gasteiger partial charge on any atom is 0 e. The standard InChI is InChI=1S/5Mn.Y. The maximum atomic E-state index is 0. The molecule has 0 spiro atoms. The molecule has 0 aromatic rings. The summed E-state index contributed by atoms with van der Waals surface area (Å²) < 4.78 is 0. The van der Waals surface area contributed by atoms with Crippen LogP contribution in [-0.4, -0.2) is 0 Å². The van der Waals surface area contributed by atoms with Crippen molar-refractivity contribution in [3.05, 3.63) is 0 Å². The van der Waals surface area contributed by atoms with Crippen molar-refractivity contribution in [2.24, 2.45) is 0 Å². The zero-order valence-corrected chi connectivity index (χ0v) is 11.2. The third-order valence-corrected chi connectivity index (χ3v) is 0. The van der Waals surface area contributed by atoms with Crippen molar-refractivity contribution in [1.29, 1.82) is 0 Å². The predicted octanol–water partition coefficient (Wildman–Crippen LogP) is -0.0150. The van der Waals surface area contributed by atoms with E-state index in [9.17, 15) is 0 Å². The topological polar surface area (TPSA) is 0 Å². The summed E-state index contributed by atoms with van der Waals surface area (Å²) in [6.07, 6.45) is 0. The first kappa shape index (κ1) is 53.6. The minimum atomic E-state index is 0. The zero-order chi connectivity index (χ0) is 0. The van der Waals surface area contributed by atoms with Gasteiger partial charge in [0.1, 0.15) is 0 Å². The third kappa shape index (κ3) is 25.2. The second kappa shape index (κ2) is 37.7. The first-order valence-corrected chi connectivity index (χ1v) is 0. The molecule has 0 aromatic heterocycles. The fraction of sp³-hybridized carbons (Fsp3) is 0. The van der Waals surface area contributed by atoms with E-state index in [1.54, 1.807) is 0 Å². The average molecular weight is 364 g/mol. The van der Waals surface area contributed by atoms with Crippen molar-refractivity contribution in [1.82, 2.24) is 0 Å². The quantitative estimate of drug-likeness (QED) is 0.531. The van der Waals surface area contributed by atoms with Crippen LogP contribution in [0.4, 0.5) is 0 Å². The predicted molar refractivity (Wildman–Crippen MR) is 0 cm³/mol. The molecule has 0 saturated heterocycles. The van der Waals surface area contributed by atoms with E-state index in [4.69, 9.17) is 0 Å². The largest absolute Gasteiger partial charge is 0 e. The SMILES string of the molecule is [Mn].[Mn].[Mn].[Mn].[Mn].[Y]. The Hall–Kier alpha value is 3.70. The Morgan fingerprint density at radius 3 is 0.333 bits per heavy atom. The third-order valence-electron chi connectivity index (χ3n) is 0. The van der Waals surface area contributed by atoms with Crippen molar-refractivity contribution in [2.45, 2.75) is 0 Å². The Morgan fingerprint density at radius 2 is 0.333 bits per heavy atom. The molecule has 0 atom stereocenters. The molecular formula is Mn5Y. The number of rotatable bonds is 0. The van der Waals surface area contributed by atoms with Gasteiger partial charge in [-0.05, 0) is 0 Å². The summed E-state index contributed by atoms with van der Waals surface area (Å²) >= 11 is 0. The van der Waals surface area contributed by atoms with Gasteiger partial charge in [-0.3, -0.25) is 0 Å². The van der Waals surface area contributed by atoms with Crippen LogP contribution >= 0.6 is 0 Å². The molecule has 6 heteroatoms. The first-order valence-electron chi connectivity index (χ1n) is 0.